The van der Waals surface area contributed by atoms with E-state index >= 15 is 0 Å². The molecule has 0 amide bonds. The maximum Gasteiger partial charge on any atom is 0.0442 e. The summed E-state index contributed by atoms with van der Waals surface area (Å²) in [6.45, 7) is 8.79. The van der Waals surface area contributed by atoms with Gasteiger partial charge in [0.25, 0.3) is 0 Å². The van der Waals surface area contributed by atoms with Gasteiger partial charge in [-0.1, -0.05) is 13.8 Å². The Balaban J connectivity index is 2.08. The van der Waals surface area contributed by atoms with Crippen molar-refractivity contribution in [2.45, 2.75) is 33.2 Å². The Labute approximate surface area is 104 Å². The Morgan fingerprint density at radius 1 is 1.41 bits per heavy atom. The first-order chi connectivity index (χ1) is 8.31. The average molecular weight is 233 g/mol. The van der Waals surface area contributed by atoms with E-state index in [0.29, 0.717) is 0 Å². The molecular formula is C14H23N3. The molecule has 1 N–H and O–H groups in total. The molecule has 3 heteroatoms. The van der Waals surface area contributed by atoms with Crippen LogP contribution in [0.4, 0.5) is 5.69 Å². The quantitative estimate of drug-likeness (QED) is 0.865. The molecule has 0 unspecified atom stereocenters. The van der Waals surface area contributed by atoms with Crippen LogP contribution >= 0.6 is 0 Å². The van der Waals surface area contributed by atoms with Crippen LogP contribution in [0.1, 0.15) is 32.3 Å². The second-order valence-electron chi connectivity index (χ2n) is 4.95. The van der Waals surface area contributed by atoms with Gasteiger partial charge in [0.2, 0.25) is 0 Å². The van der Waals surface area contributed by atoms with E-state index in [9.17, 15) is 0 Å². The first-order valence-corrected chi connectivity index (χ1v) is 6.69. The fourth-order valence-electron chi connectivity index (χ4n) is 2.37. The van der Waals surface area contributed by atoms with Gasteiger partial charge < -0.3 is 10.2 Å². The minimum atomic E-state index is 0.880. The lowest BCUT2D eigenvalue weighted by molar-refractivity contribution is 0.437. The zero-order valence-corrected chi connectivity index (χ0v) is 10.9. The van der Waals surface area contributed by atoms with E-state index in [1.165, 1.54) is 37.2 Å². The highest BCUT2D eigenvalue weighted by atomic mass is 15.1. The Morgan fingerprint density at radius 3 is 2.88 bits per heavy atom. The van der Waals surface area contributed by atoms with E-state index in [1.54, 1.807) is 0 Å². The fraction of sp³-hybridized carbons (Fsp3) is 0.643. The van der Waals surface area contributed by atoms with Gasteiger partial charge in [0.15, 0.2) is 0 Å². The van der Waals surface area contributed by atoms with Crippen molar-refractivity contribution in [2.75, 3.05) is 24.5 Å². The third kappa shape index (κ3) is 3.19. The monoisotopic (exact) mass is 233 g/mol. The van der Waals surface area contributed by atoms with Crippen molar-refractivity contribution in [2.24, 2.45) is 5.92 Å². The number of pyridine rings is 1. The van der Waals surface area contributed by atoms with Crippen molar-refractivity contribution in [3.63, 3.8) is 0 Å². The summed E-state index contributed by atoms with van der Waals surface area (Å²) in [5, 5.41) is 3.39. The normalized spacial score (nSPS) is 17.4. The molecule has 1 fully saturated rings. The number of piperidine rings is 1. The van der Waals surface area contributed by atoms with E-state index < -0.39 is 0 Å². The molecule has 1 aliphatic heterocycles. The zero-order valence-electron chi connectivity index (χ0n) is 10.9. The van der Waals surface area contributed by atoms with Crippen molar-refractivity contribution >= 4 is 5.69 Å². The molecule has 0 aromatic carbocycles. The molecule has 0 spiro atoms. The molecule has 3 nitrogen and oxygen atoms in total. The van der Waals surface area contributed by atoms with Crippen LogP contribution in [0.25, 0.3) is 0 Å². The molecule has 17 heavy (non-hydrogen) atoms. The van der Waals surface area contributed by atoms with Crippen LogP contribution in [-0.2, 0) is 6.54 Å². The highest BCUT2D eigenvalue weighted by Crippen LogP contribution is 2.25. The van der Waals surface area contributed by atoms with Crippen molar-refractivity contribution in [3.8, 4) is 0 Å². The number of hydrogen-bond donors (Lipinski definition) is 1. The summed E-state index contributed by atoms with van der Waals surface area (Å²) >= 11 is 0. The van der Waals surface area contributed by atoms with E-state index in [-0.39, 0.29) is 0 Å². The van der Waals surface area contributed by atoms with Crippen LogP contribution in [-0.4, -0.2) is 24.6 Å². The second-order valence-corrected chi connectivity index (χ2v) is 4.95. The lowest BCUT2D eigenvalue weighted by Crippen LogP contribution is -2.33. The number of nitrogens with zero attached hydrogens (tertiary/aromatic N) is 2. The second kappa shape index (κ2) is 6.01. The number of aromatic nitrogens is 1. The number of hydrogen-bond acceptors (Lipinski definition) is 3. The van der Waals surface area contributed by atoms with Crippen molar-refractivity contribution in [1.82, 2.24) is 10.3 Å². The molecule has 94 valence electrons. The van der Waals surface area contributed by atoms with E-state index in [4.69, 9.17) is 0 Å². The molecule has 0 bridgehead atoms. The summed E-state index contributed by atoms with van der Waals surface area (Å²) < 4.78 is 0. The lowest BCUT2D eigenvalue weighted by Gasteiger charge is -2.33. The maximum absolute atomic E-state index is 4.24. The molecule has 1 saturated heterocycles. The van der Waals surface area contributed by atoms with Gasteiger partial charge >= 0.3 is 0 Å². The van der Waals surface area contributed by atoms with Gasteiger partial charge in [-0.05, 0) is 31.4 Å². The summed E-state index contributed by atoms with van der Waals surface area (Å²) in [5.41, 5.74) is 2.69. The predicted molar refractivity (Wildman–Crippen MR) is 72.2 cm³/mol. The topological polar surface area (TPSA) is 28.2 Å². The van der Waals surface area contributed by atoms with Crippen molar-refractivity contribution < 1.29 is 0 Å². The van der Waals surface area contributed by atoms with Crippen LogP contribution in [0.2, 0.25) is 0 Å². The highest BCUT2D eigenvalue weighted by molar-refractivity contribution is 5.52. The molecule has 1 aliphatic rings. The summed E-state index contributed by atoms with van der Waals surface area (Å²) in [4.78, 5) is 6.75. The van der Waals surface area contributed by atoms with Gasteiger partial charge in [0.1, 0.15) is 0 Å². The minimum Gasteiger partial charge on any atom is -0.371 e. The SMILES string of the molecule is CCNCc1cnccc1N1CCC(C)CC1. The summed E-state index contributed by atoms with van der Waals surface area (Å²) in [7, 11) is 0. The number of nitrogens with one attached hydrogen (secondary N) is 1. The van der Waals surface area contributed by atoms with Gasteiger partial charge in [-0.2, -0.15) is 0 Å². The van der Waals surface area contributed by atoms with Gasteiger partial charge in [-0.3, -0.25) is 4.98 Å². The molecule has 1 aromatic heterocycles. The maximum atomic E-state index is 4.24. The Morgan fingerprint density at radius 2 is 2.18 bits per heavy atom. The van der Waals surface area contributed by atoms with E-state index in [2.05, 4.69) is 35.1 Å². The zero-order chi connectivity index (χ0) is 12.1. The summed E-state index contributed by atoms with van der Waals surface area (Å²) in [6.07, 6.45) is 6.52. The standard InChI is InChI=1S/C14H23N3/c1-3-15-10-13-11-16-7-4-14(13)17-8-5-12(2)6-9-17/h4,7,11-12,15H,3,5-6,8-10H2,1-2H3. The number of anilines is 1. The van der Waals surface area contributed by atoms with Crippen LogP contribution in [0.5, 0.6) is 0 Å². The Kier molecular flexibility index (Phi) is 4.37. The summed E-state index contributed by atoms with van der Waals surface area (Å²) in [6, 6.07) is 2.16. The summed E-state index contributed by atoms with van der Waals surface area (Å²) in [5.74, 6) is 0.880. The van der Waals surface area contributed by atoms with Gasteiger partial charge in [0.05, 0.1) is 0 Å². The largest absolute Gasteiger partial charge is 0.371 e. The van der Waals surface area contributed by atoms with Crippen molar-refractivity contribution in [1.29, 1.82) is 0 Å². The molecule has 2 rings (SSSR count). The van der Waals surface area contributed by atoms with Crippen LogP contribution in [0.15, 0.2) is 18.5 Å². The molecule has 1 aromatic rings. The predicted octanol–water partition coefficient (Wildman–Crippen LogP) is 2.43. The smallest absolute Gasteiger partial charge is 0.0442 e. The first-order valence-electron chi connectivity index (χ1n) is 6.69. The van der Waals surface area contributed by atoms with Crippen LogP contribution < -0.4 is 10.2 Å². The van der Waals surface area contributed by atoms with E-state index in [1.807, 2.05) is 12.4 Å². The third-order valence-corrected chi connectivity index (χ3v) is 3.57. The van der Waals surface area contributed by atoms with Gasteiger partial charge in [-0.15, -0.1) is 0 Å². The average Bonchev–Trinajstić information content (AvgIpc) is 2.38. The molecule has 2 heterocycles. The Bertz CT molecular complexity index is 343. The van der Waals surface area contributed by atoms with Gasteiger partial charge in [-0.25, -0.2) is 0 Å². The number of rotatable bonds is 4. The molecule has 0 atom stereocenters. The molecule has 0 radical (unpaired) electrons. The van der Waals surface area contributed by atoms with E-state index in [0.717, 1.165) is 19.0 Å². The molecule has 0 aliphatic carbocycles. The first kappa shape index (κ1) is 12.4. The fourth-order valence-corrected chi connectivity index (χ4v) is 2.37. The molecule has 0 saturated carbocycles. The van der Waals surface area contributed by atoms with Gasteiger partial charge in [0, 0.05) is 43.3 Å². The minimum absolute atomic E-state index is 0.880. The Hall–Kier alpha value is -1.09. The lowest BCUT2D eigenvalue weighted by atomic mass is 9.98. The van der Waals surface area contributed by atoms with Crippen LogP contribution in [0, 0.1) is 5.92 Å². The highest BCUT2D eigenvalue weighted by Gasteiger charge is 2.17. The van der Waals surface area contributed by atoms with Crippen molar-refractivity contribution in [3.05, 3.63) is 24.0 Å². The molecular weight excluding hydrogens is 210 g/mol. The van der Waals surface area contributed by atoms with Crippen LogP contribution in [0.3, 0.4) is 0 Å². The third-order valence-electron chi connectivity index (χ3n) is 3.57.